The van der Waals surface area contributed by atoms with Crippen molar-refractivity contribution in [3.05, 3.63) is 0 Å². The number of ether oxygens (including phenoxy) is 1. The summed E-state index contributed by atoms with van der Waals surface area (Å²) < 4.78 is 5.48. The second-order valence-corrected chi connectivity index (χ2v) is 6.81. The maximum atomic E-state index is 5.48. The first-order valence-corrected chi connectivity index (χ1v) is 7.48. The quantitative estimate of drug-likeness (QED) is 0.813. The lowest BCUT2D eigenvalue weighted by Crippen LogP contribution is -2.66. The Hall–Kier alpha value is -0.120. The molecule has 0 bridgehead atoms. The van der Waals surface area contributed by atoms with Gasteiger partial charge < -0.3 is 10.1 Å². The molecule has 2 rings (SSSR count). The third-order valence-corrected chi connectivity index (χ3v) is 5.00. The van der Waals surface area contributed by atoms with E-state index in [0.717, 1.165) is 19.0 Å². The summed E-state index contributed by atoms with van der Waals surface area (Å²) in [5, 5.41) is 3.77. The van der Waals surface area contributed by atoms with Gasteiger partial charge in [0, 0.05) is 38.3 Å². The fourth-order valence-electron chi connectivity index (χ4n) is 3.18. The number of rotatable bonds is 5. The number of hydrogen-bond donors (Lipinski definition) is 1. The van der Waals surface area contributed by atoms with E-state index in [1.165, 1.54) is 19.4 Å². The highest BCUT2D eigenvalue weighted by atomic mass is 16.5. The van der Waals surface area contributed by atoms with Crippen molar-refractivity contribution in [2.75, 3.05) is 26.7 Å². The lowest BCUT2D eigenvalue weighted by molar-refractivity contribution is -0.0157. The Morgan fingerprint density at radius 2 is 2.00 bits per heavy atom. The third kappa shape index (κ3) is 2.89. The Morgan fingerprint density at radius 1 is 1.33 bits per heavy atom. The molecule has 0 amide bonds. The molecule has 2 aliphatic rings. The van der Waals surface area contributed by atoms with Crippen molar-refractivity contribution in [2.24, 2.45) is 11.8 Å². The molecule has 2 fully saturated rings. The summed E-state index contributed by atoms with van der Waals surface area (Å²) in [6, 6.07) is 0.626. The van der Waals surface area contributed by atoms with Crippen LogP contribution in [0.4, 0.5) is 0 Å². The van der Waals surface area contributed by atoms with Crippen LogP contribution < -0.4 is 5.32 Å². The van der Waals surface area contributed by atoms with E-state index in [-0.39, 0.29) is 0 Å². The Labute approximate surface area is 112 Å². The molecule has 3 nitrogen and oxygen atoms in total. The summed E-state index contributed by atoms with van der Waals surface area (Å²) in [6.45, 7) is 12.6. The van der Waals surface area contributed by atoms with E-state index in [0.29, 0.717) is 23.6 Å². The normalized spacial score (nSPS) is 36.0. The highest BCUT2D eigenvalue weighted by molar-refractivity contribution is 5.05. The van der Waals surface area contributed by atoms with Crippen LogP contribution in [-0.4, -0.2) is 49.3 Å². The molecule has 1 aliphatic heterocycles. The number of methoxy groups -OCH3 is 1. The first kappa shape index (κ1) is 14.3. The highest BCUT2D eigenvalue weighted by Crippen LogP contribution is 2.44. The van der Waals surface area contributed by atoms with Gasteiger partial charge in [0.1, 0.15) is 0 Å². The summed E-state index contributed by atoms with van der Waals surface area (Å²) in [6.07, 6.45) is 3.14. The number of nitrogens with zero attached hydrogens (tertiary/aromatic N) is 1. The van der Waals surface area contributed by atoms with E-state index in [1.807, 2.05) is 7.11 Å². The third-order valence-electron chi connectivity index (χ3n) is 5.00. The summed E-state index contributed by atoms with van der Waals surface area (Å²) in [7, 11) is 1.82. The maximum Gasteiger partial charge on any atom is 0.0670 e. The molecule has 3 unspecified atom stereocenters. The largest absolute Gasteiger partial charge is 0.380 e. The van der Waals surface area contributed by atoms with Crippen LogP contribution in [-0.2, 0) is 4.74 Å². The van der Waals surface area contributed by atoms with Gasteiger partial charge in [-0.1, -0.05) is 13.8 Å². The van der Waals surface area contributed by atoms with E-state index in [4.69, 9.17) is 4.74 Å². The summed E-state index contributed by atoms with van der Waals surface area (Å²) >= 11 is 0. The van der Waals surface area contributed by atoms with Gasteiger partial charge in [-0.15, -0.1) is 0 Å². The Bertz CT molecular complexity index is 278. The Kier molecular flexibility index (Phi) is 4.35. The van der Waals surface area contributed by atoms with Crippen LogP contribution in [0.2, 0.25) is 0 Å². The monoisotopic (exact) mass is 254 g/mol. The standard InChI is InChI=1S/C15H30N2O/c1-11(2)14-9-17(8-12(3)18-5)15(4,10-16-14)13-6-7-13/h11-14,16H,6-10H2,1-5H3. The second-order valence-electron chi connectivity index (χ2n) is 6.81. The molecule has 1 N–H and O–H groups in total. The zero-order valence-electron chi connectivity index (χ0n) is 12.7. The summed E-state index contributed by atoms with van der Waals surface area (Å²) in [5.74, 6) is 1.59. The van der Waals surface area contributed by atoms with E-state index >= 15 is 0 Å². The number of piperazine rings is 1. The first-order chi connectivity index (χ1) is 8.47. The smallest absolute Gasteiger partial charge is 0.0670 e. The number of nitrogens with one attached hydrogen (secondary N) is 1. The van der Waals surface area contributed by atoms with Gasteiger partial charge in [0.15, 0.2) is 0 Å². The molecule has 18 heavy (non-hydrogen) atoms. The predicted molar refractivity (Wildman–Crippen MR) is 75.8 cm³/mol. The van der Waals surface area contributed by atoms with E-state index in [2.05, 4.69) is 37.9 Å². The van der Waals surface area contributed by atoms with Crippen LogP contribution in [0.25, 0.3) is 0 Å². The van der Waals surface area contributed by atoms with Crippen LogP contribution in [0, 0.1) is 11.8 Å². The molecule has 1 heterocycles. The predicted octanol–water partition coefficient (Wildman–Crippen LogP) is 2.12. The van der Waals surface area contributed by atoms with Crippen LogP contribution in [0.1, 0.15) is 40.5 Å². The van der Waals surface area contributed by atoms with E-state index in [9.17, 15) is 0 Å². The molecule has 3 atom stereocenters. The second kappa shape index (κ2) is 5.48. The molecule has 3 heteroatoms. The molecule has 0 radical (unpaired) electrons. The summed E-state index contributed by atoms with van der Waals surface area (Å²) in [5.41, 5.74) is 0.345. The first-order valence-electron chi connectivity index (χ1n) is 7.48. The highest BCUT2D eigenvalue weighted by Gasteiger charge is 2.48. The lowest BCUT2D eigenvalue weighted by atomic mass is 9.87. The van der Waals surface area contributed by atoms with Crippen LogP contribution in [0.3, 0.4) is 0 Å². The van der Waals surface area contributed by atoms with Gasteiger partial charge in [-0.3, -0.25) is 4.90 Å². The molecular weight excluding hydrogens is 224 g/mol. The van der Waals surface area contributed by atoms with Crippen molar-refractivity contribution >= 4 is 0 Å². The Balaban J connectivity index is 2.05. The fraction of sp³-hybridized carbons (Fsp3) is 1.00. The Morgan fingerprint density at radius 3 is 2.50 bits per heavy atom. The molecule has 1 saturated carbocycles. The minimum Gasteiger partial charge on any atom is -0.380 e. The van der Waals surface area contributed by atoms with Crippen molar-refractivity contribution in [2.45, 2.75) is 58.2 Å². The van der Waals surface area contributed by atoms with Gasteiger partial charge >= 0.3 is 0 Å². The van der Waals surface area contributed by atoms with Crippen LogP contribution in [0.15, 0.2) is 0 Å². The fourth-order valence-corrected chi connectivity index (χ4v) is 3.18. The average molecular weight is 254 g/mol. The SMILES string of the molecule is COC(C)CN1CC(C(C)C)NCC1(C)C1CC1. The zero-order valence-corrected chi connectivity index (χ0v) is 12.7. The lowest BCUT2D eigenvalue weighted by Gasteiger charge is -2.50. The molecule has 1 aliphatic carbocycles. The molecule has 0 aromatic carbocycles. The molecule has 1 saturated heterocycles. The van der Waals surface area contributed by atoms with Crippen LogP contribution >= 0.6 is 0 Å². The summed E-state index contributed by atoms with van der Waals surface area (Å²) in [4.78, 5) is 2.69. The van der Waals surface area contributed by atoms with Gasteiger partial charge in [-0.05, 0) is 38.5 Å². The minimum absolute atomic E-state index is 0.328. The molecule has 0 aromatic rings. The van der Waals surface area contributed by atoms with E-state index < -0.39 is 0 Å². The van der Waals surface area contributed by atoms with Crippen molar-refractivity contribution in [1.29, 1.82) is 0 Å². The van der Waals surface area contributed by atoms with Crippen molar-refractivity contribution in [3.8, 4) is 0 Å². The average Bonchev–Trinajstić information content (AvgIpc) is 3.15. The van der Waals surface area contributed by atoms with Gasteiger partial charge in [0.05, 0.1) is 6.10 Å². The number of hydrogen-bond acceptors (Lipinski definition) is 3. The van der Waals surface area contributed by atoms with Crippen molar-refractivity contribution in [3.63, 3.8) is 0 Å². The van der Waals surface area contributed by atoms with E-state index in [1.54, 1.807) is 0 Å². The molecular formula is C15H30N2O. The maximum absolute atomic E-state index is 5.48. The molecule has 0 spiro atoms. The topological polar surface area (TPSA) is 24.5 Å². The molecule has 106 valence electrons. The zero-order chi connectivity index (χ0) is 13.3. The van der Waals surface area contributed by atoms with Crippen molar-refractivity contribution < 1.29 is 4.74 Å². The van der Waals surface area contributed by atoms with Crippen LogP contribution in [0.5, 0.6) is 0 Å². The van der Waals surface area contributed by atoms with Crippen molar-refractivity contribution in [1.82, 2.24) is 10.2 Å². The van der Waals surface area contributed by atoms with Gasteiger partial charge in [0.2, 0.25) is 0 Å². The minimum atomic E-state index is 0.328. The van der Waals surface area contributed by atoms with Gasteiger partial charge in [-0.2, -0.15) is 0 Å². The van der Waals surface area contributed by atoms with Gasteiger partial charge in [-0.25, -0.2) is 0 Å². The molecule has 0 aromatic heterocycles. The van der Waals surface area contributed by atoms with Gasteiger partial charge in [0.25, 0.3) is 0 Å².